The number of nitrogens with zero attached hydrogens (tertiary/aromatic N) is 3. The number of non-ortho nitro benzene ring substituents is 1. The molecular weight excluding hydrogens is 306 g/mol. The topological polar surface area (TPSA) is 66.7 Å². The Morgan fingerprint density at radius 2 is 2.00 bits per heavy atom. The van der Waals surface area contributed by atoms with E-state index in [2.05, 4.69) is 0 Å². The van der Waals surface area contributed by atoms with Gasteiger partial charge in [0.2, 0.25) is 5.91 Å². The molecule has 0 fully saturated rings. The first-order valence-electron chi connectivity index (χ1n) is 7.90. The molecule has 0 spiro atoms. The highest BCUT2D eigenvalue weighted by Gasteiger charge is 2.25. The Balaban J connectivity index is 1.79. The molecule has 6 heteroatoms. The molecule has 124 valence electrons. The lowest BCUT2D eigenvalue weighted by Crippen LogP contribution is -2.41. The number of benzene rings is 2. The number of nitro groups is 1. The number of anilines is 2. The molecule has 0 bridgehead atoms. The molecule has 24 heavy (non-hydrogen) atoms. The maximum absolute atomic E-state index is 12.7. The van der Waals surface area contributed by atoms with Crippen LogP contribution in [0.3, 0.4) is 0 Å². The molecule has 0 unspecified atom stereocenters. The van der Waals surface area contributed by atoms with Gasteiger partial charge in [-0.3, -0.25) is 14.9 Å². The summed E-state index contributed by atoms with van der Waals surface area (Å²) in [5.41, 5.74) is 2.71. The van der Waals surface area contributed by atoms with Crippen LogP contribution in [0, 0.1) is 10.1 Å². The SMILES string of the molecule is CN(CC(=O)N1CCCc2cc([N+](=O)[O-])ccc21)c1ccccc1. The number of para-hydroxylation sites is 1. The number of carbonyl (C=O) groups excluding carboxylic acids is 1. The fourth-order valence-corrected chi connectivity index (χ4v) is 3.02. The van der Waals surface area contributed by atoms with Crippen molar-refractivity contribution in [3.8, 4) is 0 Å². The predicted molar refractivity (Wildman–Crippen MR) is 93.5 cm³/mol. The Labute approximate surface area is 140 Å². The monoisotopic (exact) mass is 325 g/mol. The van der Waals surface area contributed by atoms with Gasteiger partial charge in [0.15, 0.2) is 0 Å². The van der Waals surface area contributed by atoms with Gasteiger partial charge in [0.25, 0.3) is 5.69 Å². The summed E-state index contributed by atoms with van der Waals surface area (Å²) in [6, 6.07) is 14.5. The Kier molecular flexibility index (Phi) is 4.46. The number of carbonyl (C=O) groups is 1. The van der Waals surface area contributed by atoms with Gasteiger partial charge in [0, 0.05) is 37.1 Å². The first-order valence-corrected chi connectivity index (χ1v) is 7.90. The molecule has 6 nitrogen and oxygen atoms in total. The molecule has 0 radical (unpaired) electrons. The lowest BCUT2D eigenvalue weighted by molar-refractivity contribution is -0.384. The van der Waals surface area contributed by atoms with Crippen molar-refractivity contribution >= 4 is 23.0 Å². The van der Waals surface area contributed by atoms with Gasteiger partial charge < -0.3 is 9.80 Å². The number of hydrogen-bond acceptors (Lipinski definition) is 4. The van der Waals surface area contributed by atoms with Crippen LogP contribution in [0.15, 0.2) is 48.5 Å². The number of rotatable bonds is 4. The van der Waals surface area contributed by atoms with Crippen molar-refractivity contribution in [1.82, 2.24) is 0 Å². The second-order valence-corrected chi connectivity index (χ2v) is 5.91. The standard InChI is InChI=1S/C18H19N3O3/c1-19(15-7-3-2-4-8-15)13-18(22)20-11-5-6-14-12-16(21(23)24)9-10-17(14)20/h2-4,7-10,12H,5-6,11,13H2,1H3. The third-order valence-electron chi connectivity index (χ3n) is 4.26. The minimum Gasteiger partial charge on any atom is -0.365 e. The largest absolute Gasteiger partial charge is 0.365 e. The van der Waals surface area contributed by atoms with E-state index >= 15 is 0 Å². The van der Waals surface area contributed by atoms with E-state index in [9.17, 15) is 14.9 Å². The van der Waals surface area contributed by atoms with Gasteiger partial charge in [-0.15, -0.1) is 0 Å². The van der Waals surface area contributed by atoms with Crippen molar-refractivity contribution < 1.29 is 9.72 Å². The zero-order valence-electron chi connectivity index (χ0n) is 13.5. The second kappa shape index (κ2) is 6.70. The normalized spacial score (nSPS) is 13.3. The van der Waals surface area contributed by atoms with Crippen molar-refractivity contribution in [1.29, 1.82) is 0 Å². The zero-order chi connectivity index (χ0) is 17.1. The third-order valence-corrected chi connectivity index (χ3v) is 4.26. The number of hydrogen-bond donors (Lipinski definition) is 0. The van der Waals surface area contributed by atoms with Gasteiger partial charge in [0.1, 0.15) is 0 Å². The van der Waals surface area contributed by atoms with Crippen molar-refractivity contribution in [2.45, 2.75) is 12.8 Å². The van der Waals surface area contributed by atoms with E-state index in [1.165, 1.54) is 6.07 Å². The molecule has 1 amide bonds. The van der Waals surface area contributed by atoms with Crippen LogP contribution in [0.25, 0.3) is 0 Å². The molecule has 0 saturated carbocycles. The Morgan fingerprint density at radius 1 is 1.25 bits per heavy atom. The molecule has 0 atom stereocenters. The van der Waals surface area contributed by atoms with Crippen LogP contribution >= 0.6 is 0 Å². The lowest BCUT2D eigenvalue weighted by Gasteiger charge is -2.31. The summed E-state index contributed by atoms with van der Waals surface area (Å²) < 4.78 is 0. The summed E-state index contributed by atoms with van der Waals surface area (Å²) in [5, 5.41) is 10.9. The first kappa shape index (κ1) is 16.0. The fraction of sp³-hybridized carbons (Fsp3) is 0.278. The number of aryl methyl sites for hydroxylation is 1. The summed E-state index contributed by atoms with van der Waals surface area (Å²) >= 11 is 0. The summed E-state index contributed by atoms with van der Waals surface area (Å²) in [4.78, 5) is 26.9. The Morgan fingerprint density at radius 3 is 2.71 bits per heavy atom. The van der Waals surface area contributed by atoms with Gasteiger partial charge in [-0.1, -0.05) is 18.2 Å². The molecule has 1 aliphatic rings. The van der Waals surface area contributed by atoms with E-state index in [-0.39, 0.29) is 18.1 Å². The molecule has 1 heterocycles. The zero-order valence-corrected chi connectivity index (χ0v) is 13.5. The summed E-state index contributed by atoms with van der Waals surface area (Å²) in [6.07, 6.45) is 1.57. The van der Waals surface area contributed by atoms with Crippen LogP contribution < -0.4 is 9.80 Å². The Hall–Kier alpha value is -2.89. The number of amides is 1. The maximum atomic E-state index is 12.7. The molecule has 1 aliphatic heterocycles. The van der Waals surface area contributed by atoms with Gasteiger partial charge in [0.05, 0.1) is 11.5 Å². The fourth-order valence-electron chi connectivity index (χ4n) is 3.02. The molecule has 0 aliphatic carbocycles. The minimum absolute atomic E-state index is 0.00356. The molecule has 2 aromatic rings. The molecule has 2 aromatic carbocycles. The van der Waals surface area contributed by atoms with Gasteiger partial charge in [-0.2, -0.15) is 0 Å². The lowest BCUT2D eigenvalue weighted by atomic mass is 10.0. The van der Waals surface area contributed by atoms with E-state index in [1.807, 2.05) is 42.3 Å². The summed E-state index contributed by atoms with van der Waals surface area (Å²) in [5.74, 6) is -0.00356. The highest BCUT2D eigenvalue weighted by Crippen LogP contribution is 2.30. The van der Waals surface area contributed by atoms with Crippen molar-refractivity contribution in [3.05, 3.63) is 64.2 Å². The van der Waals surface area contributed by atoms with E-state index in [1.54, 1.807) is 17.0 Å². The summed E-state index contributed by atoms with van der Waals surface area (Å²) in [7, 11) is 1.88. The number of fused-ring (bicyclic) bond motifs is 1. The molecule has 0 saturated heterocycles. The van der Waals surface area contributed by atoms with Crippen LogP contribution in [-0.4, -0.2) is 31.0 Å². The Bertz CT molecular complexity index is 761. The van der Waals surface area contributed by atoms with E-state index < -0.39 is 4.92 Å². The maximum Gasteiger partial charge on any atom is 0.269 e. The van der Waals surface area contributed by atoms with Gasteiger partial charge in [-0.25, -0.2) is 0 Å². The smallest absolute Gasteiger partial charge is 0.269 e. The average Bonchev–Trinajstić information content (AvgIpc) is 2.61. The van der Waals surface area contributed by atoms with Crippen molar-refractivity contribution in [2.24, 2.45) is 0 Å². The van der Waals surface area contributed by atoms with Gasteiger partial charge >= 0.3 is 0 Å². The predicted octanol–water partition coefficient (Wildman–Crippen LogP) is 3.01. The number of nitro benzene ring substituents is 1. The number of likely N-dealkylation sites (N-methyl/N-ethyl adjacent to an activating group) is 1. The van der Waals surface area contributed by atoms with Crippen LogP contribution in [0.1, 0.15) is 12.0 Å². The minimum atomic E-state index is -0.399. The highest BCUT2D eigenvalue weighted by atomic mass is 16.6. The average molecular weight is 325 g/mol. The highest BCUT2D eigenvalue weighted by molar-refractivity contribution is 5.97. The summed E-state index contributed by atoms with van der Waals surface area (Å²) in [6.45, 7) is 0.909. The molecular formula is C18H19N3O3. The van der Waals surface area contributed by atoms with Crippen LogP contribution in [-0.2, 0) is 11.2 Å². The van der Waals surface area contributed by atoms with E-state index in [0.717, 1.165) is 29.8 Å². The quantitative estimate of drug-likeness (QED) is 0.640. The first-order chi connectivity index (χ1) is 11.6. The van der Waals surface area contributed by atoms with Crippen molar-refractivity contribution in [2.75, 3.05) is 29.9 Å². The molecule has 3 rings (SSSR count). The van der Waals surface area contributed by atoms with Crippen LogP contribution in [0.4, 0.5) is 17.1 Å². The molecule has 0 N–H and O–H groups in total. The molecule has 0 aromatic heterocycles. The van der Waals surface area contributed by atoms with Crippen LogP contribution in [0.2, 0.25) is 0 Å². The third kappa shape index (κ3) is 3.22. The van der Waals surface area contributed by atoms with Crippen molar-refractivity contribution in [3.63, 3.8) is 0 Å². The second-order valence-electron chi connectivity index (χ2n) is 5.91. The van der Waals surface area contributed by atoms with Crippen LogP contribution in [0.5, 0.6) is 0 Å². The van der Waals surface area contributed by atoms with E-state index in [4.69, 9.17) is 0 Å². The van der Waals surface area contributed by atoms with E-state index in [0.29, 0.717) is 6.54 Å². The van der Waals surface area contributed by atoms with Gasteiger partial charge in [-0.05, 0) is 36.6 Å².